The predicted octanol–water partition coefficient (Wildman–Crippen LogP) is 1.36. The molecule has 1 amide bonds. The molecule has 19 heavy (non-hydrogen) atoms. The second kappa shape index (κ2) is 5.83. The predicted molar refractivity (Wildman–Crippen MR) is 57.4 cm³/mol. The number of alkyl halides is 3. The minimum atomic E-state index is -4.46. The molecule has 106 valence electrons. The molecule has 6 nitrogen and oxygen atoms in total. The first-order valence-corrected chi connectivity index (χ1v) is 5.10. The van der Waals surface area contributed by atoms with Crippen molar-refractivity contribution in [2.75, 3.05) is 20.8 Å². The summed E-state index contributed by atoms with van der Waals surface area (Å²) in [7, 11) is 2.66. The molecule has 0 saturated heterocycles. The van der Waals surface area contributed by atoms with Crippen LogP contribution >= 0.6 is 0 Å². The van der Waals surface area contributed by atoms with Crippen LogP contribution in [0.25, 0.3) is 0 Å². The second-order valence-corrected chi connectivity index (χ2v) is 3.61. The first-order valence-electron chi connectivity index (χ1n) is 5.10. The maximum absolute atomic E-state index is 12.0. The zero-order valence-electron chi connectivity index (χ0n) is 10.5. The van der Waals surface area contributed by atoms with Gasteiger partial charge in [0.2, 0.25) is 5.88 Å². The number of amides is 1. The number of aryl methyl sites for hydroxylation is 1. The Hall–Kier alpha value is -1.90. The van der Waals surface area contributed by atoms with Gasteiger partial charge in [-0.15, -0.1) is 10.2 Å². The molecule has 0 aromatic carbocycles. The first-order chi connectivity index (χ1) is 8.74. The summed E-state index contributed by atoms with van der Waals surface area (Å²) in [5.41, 5.74) is 0.216. The molecule has 9 heteroatoms. The van der Waals surface area contributed by atoms with Gasteiger partial charge in [-0.05, 0) is 13.0 Å². The smallest absolute Gasteiger partial charge is 0.422 e. The summed E-state index contributed by atoms with van der Waals surface area (Å²) in [6.45, 7) is -0.00222. The van der Waals surface area contributed by atoms with Crippen molar-refractivity contribution >= 4 is 5.91 Å². The van der Waals surface area contributed by atoms with Gasteiger partial charge in [0.15, 0.2) is 12.3 Å². The van der Waals surface area contributed by atoms with Crippen molar-refractivity contribution in [1.29, 1.82) is 0 Å². The van der Waals surface area contributed by atoms with E-state index in [1.807, 2.05) is 0 Å². The number of nitrogens with zero attached hydrogens (tertiary/aromatic N) is 3. The van der Waals surface area contributed by atoms with E-state index in [1.165, 1.54) is 27.1 Å². The lowest BCUT2D eigenvalue weighted by Crippen LogP contribution is -2.27. The fourth-order valence-electron chi connectivity index (χ4n) is 1.12. The van der Waals surface area contributed by atoms with E-state index in [9.17, 15) is 18.0 Å². The number of hydroxylamine groups is 2. The van der Waals surface area contributed by atoms with Crippen LogP contribution in [0.15, 0.2) is 6.07 Å². The fraction of sp³-hybridized carbons (Fsp3) is 0.500. The number of carbonyl (C=O) groups excluding carboxylic acids is 1. The Bertz CT molecular complexity index is 465. The third kappa shape index (κ3) is 4.36. The Morgan fingerprint density at radius 2 is 2.05 bits per heavy atom. The van der Waals surface area contributed by atoms with E-state index in [4.69, 9.17) is 0 Å². The molecule has 0 unspecified atom stereocenters. The Labute approximate surface area is 107 Å². The minimum absolute atomic E-state index is 0.0544. The van der Waals surface area contributed by atoms with E-state index in [-0.39, 0.29) is 17.1 Å². The molecule has 0 N–H and O–H groups in total. The summed E-state index contributed by atoms with van der Waals surface area (Å²) in [5, 5.41) is 7.86. The van der Waals surface area contributed by atoms with Crippen molar-refractivity contribution in [2.45, 2.75) is 13.1 Å². The largest absolute Gasteiger partial charge is 0.467 e. The number of hydrogen-bond donors (Lipinski definition) is 0. The van der Waals surface area contributed by atoms with Crippen LogP contribution < -0.4 is 4.74 Å². The van der Waals surface area contributed by atoms with Crippen LogP contribution in [0.2, 0.25) is 0 Å². The van der Waals surface area contributed by atoms with E-state index in [1.54, 1.807) is 0 Å². The molecular weight excluding hydrogens is 267 g/mol. The average molecular weight is 279 g/mol. The lowest BCUT2D eigenvalue weighted by molar-refractivity contribution is -0.154. The van der Waals surface area contributed by atoms with Gasteiger partial charge in [0, 0.05) is 12.6 Å². The van der Waals surface area contributed by atoms with Crippen LogP contribution in [0.3, 0.4) is 0 Å². The SMILES string of the molecule is CON(C)C(=O)c1cc(C)c(OCC(F)(F)F)nn1. The zero-order valence-corrected chi connectivity index (χ0v) is 10.5. The quantitative estimate of drug-likeness (QED) is 0.779. The van der Waals surface area contributed by atoms with Crippen molar-refractivity contribution in [1.82, 2.24) is 15.3 Å². The number of hydrogen-bond acceptors (Lipinski definition) is 5. The van der Waals surface area contributed by atoms with E-state index in [2.05, 4.69) is 19.8 Å². The molecule has 1 aromatic heterocycles. The Kier molecular flexibility index (Phi) is 4.65. The maximum Gasteiger partial charge on any atom is 0.422 e. The van der Waals surface area contributed by atoms with Crippen molar-refractivity contribution in [3.05, 3.63) is 17.3 Å². The molecule has 0 aliphatic carbocycles. The molecule has 0 aliphatic heterocycles. The van der Waals surface area contributed by atoms with Crippen molar-refractivity contribution < 1.29 is 27.5 Å². The highest BCUT2D eigenvalue weighted by atomic mass is 19.4. The molecule has 0 aliphatic rings. The highest BCUT2D eigenvalue weighted by Gasteiger charge is 2.29. The van der Waals surface area contributed by atoms with E-state index in [0.29, 0.717) is 0 Å². The molecule has 0 atom stereocenters. The number of ether oxygens (including phenoxy) is 1. The summed E-state index contributed by atoms with van der Waals surface area (Å²) < 4.78 is 40.4. The van der Waals surface area contributed by atoms with Crippen LogP contribution in [0, 0.1) is 6.92 Å². The van der Waals surface area contributed by atoms with Crippen LogP contribution in [-0.2, 0) is 4.84 Å². The van der Waals surface area contributed by atoms with Crippen molar-refractivity contribution in [2.24, 2.45) is 0 Å². The number of aromatic nitrogens is 2. The lowest BCUT2D eigenvalue weighted by atomic mass is 10.2. The molecule has 1 rings (SSSR count). The van der Waals surface area contributed by atoms with Crippen LogP contribution in [-0.4, -0.2) is 48.1 Å². The van der Waals surface area contributed by atoms with Crippen molar-refractivity contribution in [3.8, 4) is 5.88 Å². The van der Waals surface area contributed by atoms with Crippen LogP contribution in [0.4, 0.5) is 13.2 Å². The molecule has 0 radical (unpaired) electrons. The van der Waals surface area contributed by atoms with Crippen molar-refractivity contribution in [3.63, 3.8) is 0 Å². The highest BCUT2D eigenvalue weighted by Crippen LogP contribution is 2.19. The lowest BCUT2D eigenvalue weighted by Gasteiger charge is -2.14. The van der Waals surface area contributed by atoms with Gasteiger partial charge < -0.3 is 4.74 Å². The normalized spacial score (nSPS) is 11.3. The molecule has 0 spiro atoms. The third-order valence-corrected chi connectivity index (χ3v) is 2.09. The summed E-state index contributed by atoms with van der Waals surface area (Å²) in [6.07, 6.45) is -4.46. The standard InChI is InChI=1S/C10H12F3N3O3/c1-6-4-7(9(17)16(2)18-3)14-15-8(6)19-5-10(11,12)13/h4H,5H2,1-3H3. The topological polar surface area (TPSA) is 64.5 Å². The molecule has 0 bridgehead atoms. The van der Waals surface area contributed by atoms with E-state index >= 15 is 0 Å². The van der Waals surface area contributed by atoms with Gasteiger partial charge in [-0.2, -0.15) is 13.2 Å². The molecule has 0 fully saturated rings. The highest BCUT2D eigenvalue weighted by molar-refractivity contribution is 5.91. The first kappa shape index (κ1) is 15.2. The molecular formula is C10H12F3N3O3. The molecule has 0 saturated carbocycles. The maximum atomic E-state index is 12.0. The van der Waals surface area contributed by atoms with Gasteiger partial charge in [-0.1, -0.05) is 0 Å². The molecule has 1 aromatic rings. The summed E-state index contributed by atoms with van der Waals surface area (Å²) in [4.78, 5) is 16.3. The summed E-state index contributed by atoms with van der Waals surface area (Å²) in [6, 6.07) is 1.27. The zero-order chi connectivity index (χ0) is 14.6. The van der Waals surface area contributed by atoms with Gasteiger partial charge in [0.25, 0.3) is 5.91 Å². The van der Waals surface area contributed by atoms with Gasteiger partial charge >= 0.3 is 6.18 Å². The fourth-order valence-corrected chi connectivity index (χ4v) is 1.12. The third-order valence-electron chi connectivity index (χ3n) is 2.09. The second-order valence-electron chi connectivity index (χ2n) is 3.61. The van der Waals surface area contributed by atoms with Crippen LogP contribution in [0.5, 0.6) is 5.88 Å². The Morgan fingerprint density at radius 1 is 1.42 bits per heavy atom. The Morgan fingerprint density at radius 3 is 2.53 bits per heavy atom. The van der Waals surface area contributed by atoms with E-state index < -0.39 is 18.7 Å². The summed E-state index contributed by atoms with van der Waals surface area (Å²) >= 11 is 0. The number of carbonyl (C=O) groups is 1. The van der Waals surface area contributed by atoms with E-state index in [0.717, 1.165) is 5.06 Å². The monoisotopic (exact) mass is 279 g/mol. The van der Waals surface area contributed by atoms with Gasteiger partial charge in [-0.25, -0.2) is 5.06 Å². The number of halogens is 3. The summed E-state index contributed by atoms with van der Waals surface area (Å²) in [5.74, 6) is -0.839. The van der Waals surface area contributed by atoms with Gasteiger partial charge in [0.1, 0.15) is 0 Å². The number of rotatable bonds is 4. The van der Waals surface area contributed by atoms with Crippen LogP contribution in [0.1, 0.15) is 16.1 Å². The van der Waals surface area contributed by atoms with Gasteiger partial charge in [-0.3, -0.25) is 9.63 Å². The van der Waals surface area contributed by atoms with Gasteiger partial charge in [0.05, 0.1) is 7.11 Å². The minimum Gasteiger partial charge on any atom is -0.467 e. The average Bonchev–Trinajstić information content (AvgIpc) is 2.34. The molecule has 1 heterocycles. The Balaban J connectivity index is 2.83.